The number of hydrogen-bond acceptors (Lipinski definition) is 2. The molecule has 20 heavy (non-hydrogen) atoms. The summed E-state index contributed by atoms with van der Waals surface area (Å²) in [5.41, 5.74) is 6.70. The molecule has 3 heteroatoms. The average molecular weight is 280 g/mol. The molecule has 0 aromatic heterocycles. The van der Waals surface area contributed by atoms with E-state index in [4.69, 9.17) is 5.73 Å². The highest BCUT2D eigenvalue weighted by Crippen LogP contribution is 2.17. The van der Waals surface area contributed by atoms with Gasteiger partial charge in [0, 0.05) is 6.54 Å². The SMILES string of the molecule is CCCC(CCN)CCCN(C)Cc1cccc(F)c1. The predicted molar refractivity (Wildman–Crippen MR) is 84.0 cm³/mol. The van der Waals surface area contributed by atoms with E-state index >= 15 is 0 Å². The van der Waals surface area contributed by atoms with Gasteiger partial charge in [0.15, 0.2) is 0 Å². The highest BCUT2D eigenvalue weighted by molar-refractivity contribution is 5.15. The van der Waals surface area contributed by atoms with Gasteiger partial charge >= 0.3 is 0 Å². The molecule has 1 unspecified atom stereocenters. The number of halogens is 1. The second-order valence-corrected chi connectivity index (χ2v) is 5.74. The molecule has 1 aromatic rings. The summed E-state index contributed by atoms with van der Waals surface area (Å²) in [6.45, 7) is 4.90. The van der Waals surface area contributed by atoms with Crippen molar-refractivity contribution in [1.29, 1.82) is 0 Å². The second-order valence-electron chi connectivity index (χ2n) is 5.74. The second kappa shape index (κ2) is 9.89. The van der Waals surface area contributed by atoms with Crippen LogP contribution in [-0.4, -0.2) is 25.0 Å². The third-order valence-electron chi connectivity index (χ3n) is 3.77. The standard InChI is InChI=1S/C17H29FN2/c1-3-6-15(10-11-19)8-5-12-20(2)14-16-7-4-9-17(18)13-16/h4,7,9,13,15H,3,5-6,8,10-12,14,19H2,1-2H3. The van der Waals surface area contributed by atoms with Gasteiger partial charge in [0.1, 0.15) is 5.82 Å². The first kappa shape index (κ1) is 17.1. The fourth-order valence-corrected chi connectivity index (χ4v) is 2.75. The van der Waals surface area contributed by atoms with Crippen LogP contribution in [0.2, 0.25) is 0 Å². The molecule has 0 aliphatic rings. The first-order valence-electron chi connectivity index (χ1n) is 7.78. The van der Waals surface area contributed by atoms with E-state index in [1.807, 2.05) is 6.07 Å². The highest BCUT2D eigenvalue weighted by atomic mass is 19.1. The van der Waals surface area contributed by atoms with Gasteiger partial charge in [-0.05, 0) is 63.0 Å². The molecule has 0 bridgehead atoms. The summed E-state index contributed by atoms with van der Waals surface area (Å²) in [5, 5.41) is 0. The molecule has 114 valence electrons. The van der Waals surface area contributed by atoms with E-state index in [0.717, 1.165) is 37.5 Å². The molecular formula is C17H29FN2. The van der Waals surface area contributed by atoms with E-state index in [9.17, 15) is 4.39 Å². The number of hydrogen-bond donors (Lipinski definition) is 1. The third kappa shape index (κ3) is 7.01. The molecule has 0 aliphatic heterocycles. The molecule has 0 spiro atoms. The minimum absolute atomic E-state index is 0.151. The van der Waals surface area contributed by atoms with Crippen molar-refractivity contribution in [2.24, 2.45) is 11.7 Å². The Morgan fingerprint density at radius 3 is 2.70 bits per heavy atom. The lowest BCUT2D eigenvalue weighted by Crippen LogP contribution is -2.20. The van der Waals surface area contributed by atoms with Crippen LogP contribution in [0.5, 0.6) is 0 Å². The zero-order valence-corrected chi connectivity index (χ0v) is 12.9. The van der Waals surface area contributed by atoms with Crippen LogP contribution in [0, 0.1) is 11.7 Å². The van der Waals surface area contributed by atoms with E-state index in [1.54, 1.807) is 12.1 Å². The number of benzene rings is 1. The lowest BCUT2D eigenvalue weighted by molar-refractivity contribution is 0.297. The van der Waals surface area contributed by atoms with E-state index < -0.39 is 0 Å². The minimum Gasteiger partial charge on any atom is -0.330 e. The zero-order valence-electron chi connectivity index (χ0n) is 12.9. The van der Waals surface area contributed by atoms with Crippen molar-refractivity contribution in [3.8, 4) is 0 Å². The maximum Gasteiger partial charge on any atom is 0.123 e. The van der Waals surface area contributed by atoms with E-state index in [2.05, 4.69) is 18.9 Å². The van der Waals surface area contributed by atoms with Gasteiger partial charge in [-0.15, -0.1) is 0 Å². The Hall–Kier alpha value is -0.930. The summed E-state index contributed by atoms with van der Waals surface area (Å²) in [5.74, 6) is 0.620. The number of nitrogens with two attached hydrogens (primary N) is 1. The van der Waals surface area contributed by atoms with Gasteiger partial charge in [-0.1, -0.05) is 31.9 Å². The smallest absolute Gasteiger partial charge is 0.123 e. The lowest BCUT2D eigenvalue weighted by Gasteiger charge is -2.19. The molecule has 0 amide bonds. The van der Waals surface area contributed by atoms with Crippen molar-refractivity contribution < 1.29 is 4.39 Å². The highest BCUT2D eigenvalue weighted by Gasteiger charge is 2.08. The predicted octanol–water partition coefficient (Wildman–Crippen LogP) is 3.80. The van der Waals surface area contributed by atoms with Gasteiger partial charge in [0.25, 0.3) is 0 Å². The molecule has 0 saturated heterocycles. The molecular weight excluding hydrogens is 251 g/mol. The Balaban J connectivity index is 2.26. The monoisotopic (exact) mass is 280 g/mol. The molecule has 0 fully saturated rings. The fraction of sp³-hybridized carbons (Fsp3) is 0.647. The first-order chi connectivity index (χ1) is 9.65. The molecule has 1 aromatic carbocycles. The van der Waals surface area contributed by atoms with Crippen molar-refractivity contribution in [3.05, 3.63) is 35.6 Å². The molecule has 0 heterocycles. The van der Waals surface area contributed by atoms with Crippen LogP contribution in [0.1, 0.15) is 44.6 Å². The quantitative estimate of drug-likeness (QED) is 0.706. The minimum atomic E-state index is -0.151. The summed E-state index contributed by atoms with van der Waals surface area (Å²) < 4.78 is 13.1. The molecule has 1 rings (SSSR count). The first-order valence-corrected chi connectivity index (χ1v) is 7.78. The number of rotatable bonds is 10. The zero-order chi connectivity index (χ0) is 14.8. The molecule has 0 aliphatic carbocycles. The van der Waals surface area contributed by atoms with Gasteiger partial charge in [0.05, 0.1) is 0 Å². The largest absolute Gasteiger partial charge is 0.330 e. The van der Waals surface area contributed by atoms with Crippen molar-refractivity contribution in [2.75, 3.05) is 20.1 Å². The van der Waals surface area contributed by atoms with Crippen LogP contribution in [0.3, 0.4) is 0 Å². The Labute approximate surface area is 123 Å². The van der Waals surface area contributed by atoms with Crippen LogP contribution in [-0.2, 0) is 6.54 Å². The van der Waals surface area contributed by atoms with Crippen LogP contribution < -0.4 is 5.73 Å². The summed E-state index contributed by atoms with van der Waals surface area (Å²) in [7, 11) is 2.10. The Bertz CT molecular complexity index is 362. The molecule has 1 atom stereocenters. The summed E-state index contributed by atoms with van der Waals surface area (Å²) >= 11 is 0. The van der Waals surface area contributed by atoms with Gasteiger partial charge in [-0.2, -0.15) is 0 Å². The maximum absolute atomic E-state index is 13.1. The van der Waals surface area contributed by atoms with Crippen molar-refractivity contribution in [1.82, 2.24) is 4.90 Å². The van der Waals surface area contributed by atoms with Crippen molar-refractivity contribution in [3.63, 3.8) is 0 Å². The molecule has 2 N–H and O–H groups in total. The van der Waals surface area contributed by atoms with Crippen molar-refractivity contribution in [2.45, 2.75) is 45.6 Å². The Morgan fingerprint density at radius 2 is 2.05 bits per heavy atom. The molecule has 0 radical (unpaired) electrons. The van der Waals surface area contributed by atoms with Crippen LogP contribution in [0.15, 0.2) is 24.3 Å². The molecule has 0 saturated carbocycles. The average Bonchev–Trinajstić information content (AvgIpc) is 2.39. The third-order valence-corrected chi connectivity index (χ3v) is 3.77. The van der Waals surface area contributed by atoms with E-state index in [0.29, 0.717) is 0 Å². The van der Waals surface area contributed by atoms with Gasteiger partial charge in [-0.25, -0.2) is 4.39 Å². The van der Waals surface area contributed by atoms with Gasteiger partial charge in [0.2, 0.25) is 0 Å². The summed E-state index contributed by atoms with van der Waals surface area (Å²) in [6.07, 6.45) is 6.10. The summed E-state index contributed by atoms with van der Waals surface area (Å²) in [6, 6.07) is 6.86. The normalized spacial score (nSPS) is 12.8. The van der Waals surface area contributed by atoms with Crippen LogP contribution in [0.25, 0.3) is 0 Å². The lowest BCUT2D eigenvalue weighted by atomic mass is 9.94. The maximum atomic E-state index is 13.1. The van der Waals surface area contributed by atoms with E-state index in [-0.39, 0.29) is 5.82 Å². The Kier molecular flexibility index (Phi) is 8.47. The fourth-order valence-electron chi connectivity index (χ4n) is 2.75. The topological polar surface area (TPSA) is 29.3 Å². The number of nitrogens with zero attached hydrogens (tertiary/aromatic N) is 1. The van der Waals surface area contributed by atoms with Crippen LogP contribution >= 0.6 is 0 Å². The van der Waals surface area contributed by atoms with Gasteiger partial charge < -0.3 is 10.6 Å². The van der Waals surface area contributed by atoms with E-state index in [1.165, 1.54) is 31.7 Å². The van der Waals surface area contributed by atoms with Crippen molar-refractivity contribution >= 4 is 0 Å². The summed E-state index contributed by atoms with van der Waals surface area (Å²) in [4.78, 5) is 2.26. The Morgan fingerprint density at radius 1 is 1.25 bits per heavy atom. The van der Waals surface area contributed by atoms with Crippen LogP contribution in [0.4, 0.5) is 4.39 Å². The van der Waals surface area contributed by atoms with Gasteiger partial charge in [-0.3, -0.25) is 0 Å². The molecule has 2 nitrogen and oxygen atoms in total.